The SMILES string of the molecule is CC(=O)N1CCO[C@@](C)(c2ccnc(C)n2)C1. The van der Waals surface area contributed by atoms with Gasteiger partial charge in [-0.05, 0) is 19.9 Å². The Balaban J connectivity index is 2.26. The van der Waals surface area contributed by atoms with Crippen LogP contribution in [0.5, 0.6) is 0 Å². The number of aryl methyl sites for hydroxylation is 1. The van der Waals surface area contributed by atoms with Crippen molar-refractivity contribution < 1.29 is 9.53 Å². The Morgan fingerprint density at radius 1 is 1.59 bits per heavy atom. The molecule has 1 aliphatic rings. The third-order valence-electron chi connectivity index (χ3n) is 3.04. The second-order valence-electron chi connectivity index (χ2n) is 4.51. The third kappa shape index (κ3) is 2.44. The smallest absolute Gasteiger partial charge is 0.219 e. The molecule has 1 atom stereocenters. The van der Waals surface area contributed by atoms with E-state index in [1.807, 2.05) is 19.9 Å². The van der Waals surface area contributed by atoms with E-state index >= 15 is 0 Å². The Labute approximate surface area is 101 Å². The molecular formula is C12H17N3O2. The standard InChI is InChI=1S/C12H17N3O2/c1-9-13-5-4-11(14-9)12(3)8-15(10(2)16)6-7-17-12/h4-5H,6-8H2,1-3H3/t12-/m1/s1. The van der Waals surface area contributed by atoms with Gasteiger partial charge in [0.05, 0.1) is 18.8 Å². The Kier molecular flexibility index (Phi) is 3.11. The lowest BCUT2D eigenvalue weighted by molar-refractivity contribution is -0.148. The Bertz CT molecular complexity index is 436. The molecule has 5 heteroatoms. The highest BCUT2D eigenvalue weighted by Gasteiger charge is 2.36. The minimum Gasteiger partial charge on any atom is -0.365 e. The van der Waals surface area contributed by atoms with Gasteiger partial charge in [0, 0.05) is 19.7 Å². The average Bonchev–Trinajstić information content (AvgIpc) is 2.29. The van der Waals surface area contributed by atoms with Crippen LogP contribution in [0.15, 0.2) is 12.3 Å². The summed E-state index contributed by atoms with van der Waals surface area (Å²) in [5.41, 5.74) is 0.299. The summed E-state index contributed by atoms with van der Waals surface area (Å²) in [4.78, 5) is 21.7. The van der Waals surface area contributed by atoms with E-state index in [1.165, 1.54) is 0 Å². The molecule has 1 aromatic heterocycles. The van der Waals surface area contributed by atoms with Gasteiger partial charge in [-0.1, -0.05) is 0 Å². The number of amides is 1. The van der Waals surface area contributed by atoms with Crippen molar-refractivity contribution in [2.75, 3.05) is 19.7 Å². The minimum absolute atomic E-state index is 0.0744. The molecule has 2 rings (SSSR count). The molecule has 0 aliphatic carbocycles. The maximum atomic E-state index is 11.4. The zero-order valence-electron chi connectivity index (χ0n) is 10.4. The van der Waals surface area contributed by atoms with E-state index in [-0.39, 0.29) is 5.91 Å². The van der Waals surface area contributed by atoms with Crippen molar-refractivity contribution in [2.45, 2.75) is 26.4 Å². The van der Waals surface area contributed by atoms with E-state index in [9.17, 15) is 4.79 Å². The molecule has 0 saturated carbocycles. The maximum Gasteiger partial charge on any atom is 0.219 e. The molecule has 0 radical (unpaired) electrons. The number of morpholine rings is 1. The number of hydrogen-bond donors (Lipinski definition) is 0. The van der Waals surface area contributed by atoms with E-state index < -0.39 is 5.60 Å². The van der Waals surface area contributed by atoms with Crippen LogP contribution in [-0.4, -0.2) is 40.5 Å². The predicted molar refractivity (Wildman–Crippen MR) is 62.3 cm³/mol. The monoisotopic (exact) mass is 235 g/mol. The van der Waals surface area contributed by atoms with Crippen LogP contribution in [0, 0.1) is 6.92 Å². The molecule has 0 unspecified atom stereocenters. The Hall–Kier alpha value is -1.49. The van der Waals surface area contributed by atoms with Crippen LogP contribution in [0.25, 0.3) is 0 Å². The highest BCUT2D eigenvalue weighted by atomic mass is 16.5. The first-order chi connectivity index (χ1) is 8.01. The number of carbonyl (C=O) groups excluding carboxylic acids is 1. The molecule has 2 heterocycles. The van der Waals surface area contributed by atoms with Crippen molar-refractivity contribution in [3.63, 3.8) is 0 Å². The zero-order valence-corrected chi connectivity index (χ0v) is 10.4. The van der Waals surface area contributed by atoms with E-state index in [2.05, 4.69) is 9.97 Å². The highest BCUT2D eigenvalue weighted by Crippen LogP contribution is 2.27. The first-order valence-electron chi connectivity index (χ1n) is 5.71. The fraction of sp³-hybridized carbons (Fsp3) is 0.583. The number of carbonyl (C=O) groups is 1. The molecule has 0 aromatic carbocycles. The van der Waals surface area contributed by atoms with Gasteiger partial charge in [0.15, 0.2) is 0 Å². The normalized spacial score (nSPS) is 24.8. The lowest BCUT2D eigenvalue weighted by atomic mass is 9.99. The summed E-state index contributed by atoms with van der Waals surface area (Å²) in [5, 5.41) is 0. The van der Waals surface area contributed by atoms with Crippen molar-refractivity contribution in [1.29, 1.82) is 0 Å². The summed E-state index contributed by atoms with van der Waals surface area (Å²) >= 11 is 0. The quantitative estimate of drug-likeness (QED) is 0.725. The van der Waals surface area contributed by atoms with Crippen LogP contribution in [0.4, 0.5) is 0 Å². The lowest BCUT2D eigenvalue weighted by Gasteiger charge is -2.39. The summed E-state index contributed by atoms with van der Waals surface area (Å²) in [5.74, 6) is 0.789. The first kappa shape index (κ1) is 12.0. The minimum atomic E-state index is -0.530. The van der Waals surface area contributed by atoms with Crippen molar-refractivity contribution in [2.24, 2.45) is 0 Å². The topological polar surface area (TPSA) is 55.3 Å². The molecule has 1 saturated heterocycles. The van der Waals surface area contributed by atoms with Crippen LogP contribution in [0.2, 0.25) is 0 Å². The predicted octanol–water partition coefficient (Wildman–Crippen LogP) is 0.879. The molecule has 17 heavy (non-hydrogen) atoms. The second kappa shape index (κ2) is 4.41. The van der Waals surface area contributed by atoms with Crippen molar-refractivity contribution in [3.8, 4) is 0 Å². The average molecular weight is 235 g/mol. The fourth-order valence-corrected chi connectivity index (χ4v) is 2.04. The van der Waals surface area contributed by atoms with Gasteiger partial charge in [-0.15, -0.1) is 0 Å². The Morgan fingerprint density at radius 2 is 2.35 bits per heavy atom. The molecule has 5 nitrogen and oxygen atoms in total. The third-order valence-corrected chi connectivity index (χ3v) is 3.04. The van der Waals surface area contributed by atoms with E-state index in [4.69, 9.17) is 4.74 Å². The molecule has 0 N–H and O–H groups in total. The molecule has 92 valence electrons. The summed E-state index contributed by atoms with van der Waals surface area (Å²) in [6.45, 7) is 7.12. The van der Waals surface area contributed by atoms with Gasteiger partial charge in [-0.2, -0.15) is 0 Å². The van der Waals surface area contributed by atoms with Crippen molar-refractivity contribution in [1.82, 2.24) is 14.9 Å². The Morgan fingerprint density at radius 3 is 3.00 bits per heavy atom. The molecule has 1 aromatic rings. The molecule has 0 spiro atoms. The maximum absolute atomic E-state index is 11.4. The largest absolute Gasteiger partial charge is 0.365 e. The summed E-state index contributed by atoms with van der Waals surface area (Å²) in [7, 11) is 0. The number of hydrogen-bond acceptors (Lipinski definition) is 4. The second-order valence-corrected chi connectivity index (χ2v) is 4.51. The van der Waals surface area contributed by atoms with Gasteiger partial charge < -0.3 is 9.64 Å². The van der Waals surface area contributed by atoms with Crippen molar-refractivity contribution in [3.05, 3.63) is 23.8 Å². The summed E-state index contributed by atoms with van der Waals surface area (Å²) < 4.78 is 5.80. The zero-order chi connectivity index (χ0) is 12.5. The van der Waals surface area contributed by atoms with Crippen LogP contribution in [0.3, 0.4) is 0 Å². The lowest BCUT2D eigenvalue weighted by Crippen LogP contribution is -2.50. The number of ether oxygens (including phenoxy) is 1. The van der Waals surface area contributed by atoms with Crippen LogP contribution < -0.4 is 0 Å². The van der Waals surface area contributed by atoms with Crippen LogP contribution >= 0.6 is 0 Å². The number of nitrogens with zero attached hydrogens (tertiary/aromatic N) is 3. The van der Waals surface area contributed by atoms with Gasteiger partial charge in [0.25, 0.3) is 0 Å². The van der Waals surface area contributed by atoms with E-state index in [0.29, 0.717) is 25.5 Å². The highest BCUT2D eigenvalue weighted by molar-refractivity contribution is 5.73. The van der Waals surface area contributed by atoms with Crippen molar-refractivity contribution >= 4 is 5.91 Å². The first-order valence-corrected chi connectivity index (χ1v) is 5.71. The van der Waals surface area contributed by atoms with Gasteiger partial charge in [0.2, 0.25) is 5.91 Å². The van der Waals surface area contributed by atoms with Gasteiger partial charge in [0.1, 0.15) is 11.4 Å². The summed E-state index contributed by atoms with van der Waals surface area (Å²) in [6.07, 6.45) is 1.72. The van der Waals surface area contributed by atoms with E-state index in [0.717, 1.165) is 5.69 Å². The molecule has 1 fully saturated rings. The molecule has 1 amide bonds. The number of rotatable bonds is 1. The van der Waals surface area contributed by atoms with Gasteiger partial charge >= 0.3 is 0 Å². The van der Waals surface area contributed by atoms with Gasteiger partial charge in [-0.25, -0.2) is 9.97 Å². The summed E-state index contributed by atoms with van der Waals surface area (Å²) in [6, 6.07) is 1.84. The molecule has 1 aliphatic heterocycles. The van der Waals surface area contributed by atoms with Crippen LogP contribution in [-0.2, 0) is 15.1 Å². The fourth-order valence-electron chi connectivity index (χ4n) is 2.04. The molecular weight excluding hydrogens is 218 g/mol. The van der Waals surface area contributed by atoms with E-state index in [1.54, 1.807) is 18.0 Å². The van der Waals surface area contributed by atoms with Crippen LogP contribution in [0.1, 0.15) is 25.4 Å². The number of aromatic nitrogens is 2. The van der Waals surface area contributed by atoms with Gasteiger partial charge in [-0.3, -0.25) is 4.79 Å². The molecule has 0 bridgehead atoms.